The van der Waals surface area contributed by atoms with Gasteiger partial charge in [-0.1, -0.05) is 6.07 Å². The number of likely N-dealkylation sites (tertiary alicyclic amines) is 1. The largest absolute Gasteiger partial charge is 0.480 e. The molecule has 1 aliphatic heterocycles. The Hall–Kier alpha value is -1.11. The van der Waals surface area contributed by atoms with Crippen molar-refractivity contribution in [3.8, 4) is 0 Å². The number of carboxylic acid groups (broad SMARTS) is 1. The van der Waals surface area contributed by atoms with Crippen molar-refractivity contribution in [2.45, 2.75) is 18.9 Å². The molecule has 0 aliphatic carbocycles. The van der Waals surface area contributed by atoms with E-state index in [2.05, 4.69) is 22.6 Å². The lowest BCUT2D eigenvalue weighted by molar-refractivity contribution is -0.141. The minimum atomic E-state index is -0.915. The van der Waals surface area contributed by atoms with Crippen molar-refractivity contribution in [2.75, 3.05) is 6.54 Å². The molecule has 1 aliphatic rings. The van der Waals surface area contributed by atoms with Gasteiger partial charge in [-0.05, 0) is 53.6 Å². The number of aliphatic carboxylic acids is 1. The molecule has 1 heterocycles. The van der Waals surface area contributed by atoms with Crippen molar-refractivity contribution in [1.29, 1.82) is 0 Å². The lowest BCUT2D eigenvalue weighted by atomic mass is 10.1. The minimum absolute atomic E-state index is 0.187. The van der Waals surface area contributed by atoms with Crippen LogP contribution in [0.4, 0.5) is 0 Å². The number of carbonyl (C=O) groups is 2. The Morgan fingerprint density at radius 3 is 2.82 bits per heavy atom. The van der Waals surface area contributed by atoms with E-state index in [0.717, 1.165) is 9.99 Å². The van der Waals surface area contributed by atoms with E-state index in [0.29, 0.717) is 18.5 Å². The Balaban J connectivity index is 2.23. The third kappa shape index (κ3) is 2.59. The molecule has 0 radical (unpaired) electrons. The van der Waals surface area contributed by atoms with Crippen LogP contribution in [0.15, 0.2) is 24.3 Å². The maximum absolute atomic E-state index is 12.2. The van der Waals surface area contributed by atoms with Gasteiger partial charge >= 0.3 is 5.97 Å². The molecular weight excluding hydrogens is 333 g/mol. The molecule has 1 aromatic carbocycles. The lowest BCUT2D eigenvalue weighted by Crippen LogP contribution is -2.40. The third-order valence-corrected chi connectivity index (χ3v) is 3.54. The van der Waals surface area contributed by atoms with E-state index in [1.54, 1.807) is 18.2 Å². The molecule has 1 saturated heterocycles. The highest BCUT2D eigenvalue weighted by Gasteiger charge is 2.34. The van der Waals surface area contributed by atoms with Gasteiger partial charge in [-0.15, -0.1) is 0 Å². The third-order valence-electron chi connectivity index (χ3n) is 2.87. The predicted octanol–water partition coefficient (Wildman–Crippen LogP) is 1.98. The van der Waals surface area contributed by atoms with Crippen LogP contribution in [0.5, 0.6) is 0 Å². The molecule has 5 heteroatoms. The van der Waals surface area contributed by atoms with Gasteiger partial charge in [0.2, 0.25) is 0 Å². The predicted molar refractivity (Wildman–Crippen MR) is 70.9 cm³/mol. The van der Waals surface area contributed by atoms with Crippen molar-refractivity contribution in [3.05, 3.63) is 33.4 Å². The molecule has 0 spiro atoms. The van der Waals surface area contributed by atoms with Crippen LogP contribution >= 0.6 is 22.6 Å². The summed E-state index contributed by atoms with van der Waals surface area (Å²) in [6.07, 6.45) is 1.30. The summed E-state index contributed by atoms with van der Waals surface area (Å²) in [5, 5.41) is 9.04. The fourth-order valence-electron chi connectivity index (χ4n) is 2.05. The fraction of sp³-hybridized carbons (Fsp3) is 0.333. The van der Waals surface area contributed by atoms with Crippen LogP contribution in [0, 0.1) is 3.57 Å². The molecule has 1 fully saturated rings. The number of halogens is 1. The molecule has 0 saturated carbocycles. The first-order valence-electron chi connectivity index (χ1n) is 5.39. The van der Waals surface area contributed by atoms with E-state index in [1.165, 1.54) is 4.90 Å². The molecule has 1 amide bonds. The number of benzene rings is 1. The Morgan fingerprint density at radius 2 is 2.18 bits per heavy atom. The van der Waals surface area contributed by atoms with Gasteiger partial charge in [0.25, 0.3) is 5.91 Å². The van der Waals surface area contributed by atoms with E-state index in [1.807, 2.05) is 6.07 Å². The Morgan fingerprint density at radius 1 is 1.41 bits per heavy atom. The molecule has 1 atom stereocenters. The zero-order chi connectivity index (χ0) is 12.4. The van der Waals surface area contributed by atoms with Crippen molar-refractivity contribution >= 4 is 34.5 Å². The van der Waals surface area contributed by atoms with Crippen LogP contribution in [0.1, 0.15) is 23.2 Å². The average Bonchev–Trinajstić information content (AvgIpc) is 2.77. The number of carbonyl (C=O) groups excluding carboxylic acids is 1. The van der Waals surface area contributed by atoms with Crippen LogP contribution in [0.2, 0.25) is 0 Å². The second-order valence-corrected chi connectivity index (χ2v) is 5.25. The van der Waals surface area contributed by atoms with Crippen LogP contribution < -0.4 is 0 Å². The zero-order valence-electron chi connectivity index (χ0n) is 9.10. The maximum atomic E-state index is 12.2. The maximum Gasteiger partial charge on any atom is 0.326 e. The van der Waals surface area contributed by atoms with E-state index < -0.39 is 12.0 Å². The monoisotopic (exact) mass is 345 g/mol. The van der Waals surface area contributed by atoms with Crippen molar-refractivity contribution in [2.24, 2.45) is 0 Å². The number of amides is 1. The first-order chi connectivity index (χ1) is 8.09. The van der Waals surface area contributed by atoms with Gasteiger partial charge in [0.05, 0.1) is 0 Å². The van der Waals surface area contributed by atoms with Gasteiger partial charge < -0.3 is 10.0 Å². The fourth-order valence-corrected chi connectivity index (χ4v) is 2.60. The number of hydrogen-bond acceptors (Lipinski definition) is 2. The van der Waals surface area contributed by atoms with Crippen molar-refractivity contribution in [1.82, 2.24) is 4.90 Å². The Kier molecular flexibility index (Phi) is 3.66. The van der Waals surface area contributed by atoms with Gasteiger partial charge in [-0.2, -0.15) is 0 Å². The topological polar surface area (TPSA) is 57.6 Å². The molecule has 0 aromatic heterocycles. The van der Waals surface area contributed by atoms with Gasteiger partial charge in [0.15, 0.2) is 0 Å². The summed E-state index contributed by atoms with van der Waals surface area (Å²) in [7, 11) is 0. The van der Waals surface area contributed by atoms with E-state index in [9.17, 15) is 9.59 Å². The number of rotatable bonds is 2. The standard InChI is InChI=1S/C12H12INO3/c13-9-4-1-3-8(7-9)11(15)14-6-2-5-10(14)12(16)17/h1,3-4,7,10H,2,5-6H2,(H,16,17)/t10-/m1/s1. The summed E-state index contributed by atoms with van der Waals surface area (Å²) >= 11 is 2.13. The minimum Gasteiger partial charge on any atom is -0.480 e. The highest BCUT2D eigenvalue weighted by Crippen LogP contribution is 2.21. The molecular formula is C12H12INO3. The zero-order valence-corrected chi connectivity index (χ0v) is 11.3. The quantitative estimate of drug-likeness (QED) is 0.834. The average molecular weight is 345 g/mol. The summed E-state index contributed by atoms with van der Waals surface area (Å²) in [5.41, 5.74) is 0.560. The number of carboxylic acids is 1. The molecule has 17 heavy (non-hydrogen) atoms. The molecule has 4 nitrogen and oxygen atoms in total. The first-order valence-corrected chi connectivity index (χ1v) is 6.47. The molecule has 90 valence electrons. The van der Waals surface area contributed by atoms with E-state index in [4.69, 9.17) is 5.11 Å². The smallest absolute Gasteiger partial charge is 0.326 e. The second-order valence-electron chi connectivity index (χ2n) is 4.01. The van der Waals surface area contributed by atoms with Crippen molar-refractivity contribution < 1.29 is 14.7 Å². The van der Waals surface area contributed by atoms with Gasteiger partial charge in [0, 0.05) is 15.7 Å². The summed E-state index contributed by atoms with van der Waals surface area (Å²) in [6.45, 7) is 0.529. The molecule has 0 unspecified atom stereocenters. The lowest BCUT2D eigenvalue weighted by Gasteiger charge is -2.21. The Labute approximate surface area is 113 Å². The molecule has 1 N–H and O–H groups in total. The highest BCUT2D eigenvalue weighted by molar-refractivity contribution is 14.1. The normalized spacial score (nSPS) is 19.4. The summed E-state index contributed by atoms with van der Waals surface area (Å²) in [4.78, 5) is 24.6. The van der Waals surface area contributed by atoms with Gasteiger partial charge in [-0.3, -0.25) is 4.79 Å². The SMILES string of the molecule is O=C(O)[C@H]1CCCN1C(=O)c1cccc(I)c1. The Bertz CT molecular complexity index is 461. The van der Waals surface area contributed by atoms with Crippen LogP contribution in [0.25, 0.3) is 0 Å². The summed E-state index contributed by atoms with van der Waals surface area (Å²) < 4.78 is 0.972. The van der Waals surface area contributed by atoms with Gasteiger partial charge in [0.1, 0.15) is 6.04 Å². The summed E-state index contributed by atoms with van der Waals surface area (Å²) in [6, 6.07) is 6.54. The van der Waals surface area contributed by atoms with Gasteiger partial charge in [-0.25, -0.2) is 4.79 Å². The number of nitrogens with zero attached hydrogens (tertiary/aromatic N) is 1. The van der Waals surface area contributed by atoms with E-state index in [-0.39, 0.29) is 5.91 Å². The van der Waals surface area contributed by atoms with Crippen molar-refractivity contribution in [3.63, 3.8) is 0 Å². The van der Waals surface area contributed by atoms with Crippen LogP contribution in [0.3, 0.4) is 0 Å². The van der Waals surface area contributed by atoms with E-state index >= 15 is 0 Å². The van der Waals surface area contributed by atoms with Crippen LogP contribution in [-0.2, 0) is 4.79 Å². The molecule has 1 aromatic rings. The van der Waals surface area contributed by atoms with Crippen LogP contribution in [-0.4, -0.2) is 34.5 Å². The highest BCUT2D eigenvalue weighted by atomic mass is 127. The molecule has 2 rings (SSSR count). The first kappa shape index (κ1) is 12.3. The molecule has 0 bridgehead atoms. The number of hydrogen-bond donors (Lipinski definition) is 1. The second kappa shape index (κ2) is 5.03. The summed E-state index contributed by atoms with van der Waals surface area (Å²) in [5.74, 6) is -1.10.